The van der Waals surface area contributed by atoms with Crippen LogP contribution in [0.15, 0.2) is 71.7 Å². The van der Waals surface area contributed by atoms with Crippen LogP contribution >= 0.6 is 0 Å². The van der Waals surface area contributed by atoms with Crippen molar-refractivity contribution in [2.45, 2.75) is 39.0 Å². The molecule has 0 bridgehead atoms. The summed E-state index contributed by atoms with van der Waals surface area (Å²) in [5, 5.41) is 5.43. The number of carbonyl (C=O) groups is 3. The van der Waals surface area contributed by atoms with Gasteiger partial charge in [0.25, 0.3) is 11.8 Å². The fourth-order valence-corrected chi connectivity index (χ4v) is 4.63. The van der Waals surface area contributed by atoms with E-state index in [1.54, 1.807) is 49.9 Å². The van der Waals surface area contributed by atoms with Crippen LogP contribution in [0, 0.1) is 0 Å². The largest absolute Gasteiger partial charge is 0.444 e. The third-order valence-electron chi connectivity index (χ3n) is 6.21. The number of rotatable bonds is 4. The van der Waals surface area contributed by atoms with E-state index in [4.69, 9.17) is 15.5 Å². The monoisotopic (exact) mass is 511 g/mol. The molecular weight excluding hydrogens is 482 g/mol. The number of hydrogen-bond donors (Lipinski definition) is 3. The van der Waals surface area contributed by atoms with E-state index in [1.807, 2.05) is 42.5 Å². The van der Waals surface area contributed by atoms with Crippen molar-refractivity contribution in [1.29, 1.82) is 0 Å². The minimum Gasteiger partial charge on any atom is -0.444 e. The predicted octanol–water partition coefficient (Wildman–Crippen LogP) is 4.11. The lowest BCUT2D eigenvalue weighted by atomic mass is 9.97. The van der Waals surface area contributed by atoms with Gasteiger partial charge in [-0.25, -0.2) is 9.79 Å². The summed E-state index contributed by atoms with van der Waals surface area (Å²) in [5.74, 6) is -0.773. The first kappa shape index (κ1) is 25.0. The molecule has 194 valence electrons. The Morgan fingerprint density at radius 1 is 1.05 bits per heavy atom. The maximum Gasteiger partial charge on any atom is 0.412 e. The van der Waals surface area contributed by atoms with E-state index < -0.39 is 23.8 Å². The Kier molecular flexibility index (Phi) is 6.36. The molecule has 0 saturated carbocycles. The molecule has 0 spiro atoms. The molecule has 9 heteroatoms. The van der Waals surface area contributed by atoms with E-state index in [9.17, 15) is 14.4 Å². The molecule has 0 fully saturated rings. The highest BCUT2D eigenvalue weighted by atomic mass is 16.6. The molecule has 3 aromatic carbocycles. The van der Waals surface area contributed by atoms with Crippen LogP contribution < -0.4 is 21.3 Å². The van der Waals surface area contributed by atoms with E-state index in [-0.39, 0.29) is 5.91 Å². The average molecular weight is 512 g/mol. The highest BCUT2D eigenvalue weighted by molar-refractivity contribution is 6.21. The topological polar surface area (TPSA) is 126 Å². The summed E-state index contributed by atoms with van der Waals surface area (Å²) in [6.45, 7) is 5.81. The fourth-order valence-electron chi connectivity index (χ4n) is 4.63. The molecular formula is C29H29N5O4. The van der Waals surface area contributed by atoms with E-state index in [1.165, 1.54) is 0 Å². The van der Waals surface area contributed by atoms with Gasteiger partial charge >= 0.3 is 6.09 Å². The van der Waals surface area contributed by atoms with E-state index >= 15 is 0 Å². The first-order valence-electron chi connectivity index (χ1n) is 12.4. The molecule has 3 amide bonds. The number of aliphatic imine (C=N–C) groups is 1. The molecule has 4 N–H and O–H groups in total. The molecule has 0 saturated heterocycles. The van der Waals surface area contributed by atoms with Gasteiger partial charge in [-0.3, -0.25) is 14.9 Å². The van der Waals surface area contributed by atoms with Gasteiger partial charge in [0.15, 0.2) is 0 Å². The Morgan fingerprint density at radius 3 is 2.45 bits per heavy atom. The van der Waals surface area contributed by atoms with Crippen molar-refractivity contribution in [3.05, 3.63) is 89.0 Å². The second kappa shape index (κ2) is 9.66. The molecule has 9 nitrogen and oxygen atoms in total. The minimum absolute atomic E-state index is 0.308. The lowest BCUT2D eigenvalue weighted by Crippen LogP contribution is -2.46. The van der Waals surface area contributed by atoms with Gasteiger partial charge in [0, 0.05) is 34.6 Å². The van der Waals surface area contributed by atoms with Crippen LogP contribution in [0.2, 0.25) is 0 Å². The van der Waals surface area contributed by atoms with Crippen LogP contribution in [0.5, 0.6) is 0 Å². The van der Waals surface area contributed by atoms with Crippen molar-refractivity contribution >= 4 is 40.7 Å². The quantitative estimate of drug-likeness (QED) is 0.455. The zero-order valence-corrected chi connectivity index (χ0v) is 21.4. The Labute approximate surface area is 220 Å². The van der Waals surface area contributed by atoms with Crippen molar-refractivity contribution in [2.24, 2.45) is 4.99 Å². The normalized spacial score (nSPS) is 16.3. The number of nitrogens with two attached hydrogens (primary N) is 1. The lowest BCUT2D eigenvalue weighted by Gasteiger charge is -2.21. The average Bonchev–Trinajstić information content (AvgIpc) is 3.24. The minimum atomic E-state index is -1.13. The van der Waals surface area contributed by atoms with Crippen LogP contribution in [0.1, 0.15) is 47.8 Å². The zero-order valence-electron chi connectivity index (χ0n) is 21.4. The van der Waals surface area contributed by atoms with Gasteiger partial charge in [-0.1, -0.05) is 30.3 Å². The van der Waals surface area contributed by atoms with Gasteiger partial charge in [-0.2, -0.15) is 0 Å². The van der Waals surface area contributed by atoms with Crippen molar-refractivity contribution in [3.63, 3.8) is 0 Å². The molecule has 0 radical (unpaired) electrons. The van der Waals surface area contributed by atoms with Gasteiger partial charge < -0.3 is 20.7 Å². The summed E-state index contributed by atoms with van der Waals surface area (Å²) in [6, 6.07) is 19.6. The van der Waals surface area contributed by atoms with Crippen molar-refractivity contribution < 1.29 is 19.1 Å². The highest BCUT2D eigenvalue weighted by Crippen LogP contribution is 2.38. The molecule has 2 aliphatic heterocycles. The van der Waals surface area contributed by atoms with E-state index in [2.05, 4.69) is 10.6 Å². The lowest BCUT2D eigenvalue weighted by molar-refractivity contribution is -0.120. The SMILES string of the molecule is CC(C)(C)OC(=O)Nc1ccc(C(=O)NC2N=C(c3ccccc3)c3cc(N)cc4c3N(CC4)C2=O)cc1. The van der Waals surface area contributed by atoms with Gasteiger partial charge in [-0.15, -0.1) is 0 Å². The van der Waals surface area contributed by atoms with Crippen LogP contribution in [0.3, 0.4) is 0 Å². The number of carbonyl (C=O) groups excluding carboxylic acids is 3. The number of nitrogen functional groups attached to an aromatic ring is 1. The Bertz CT molecular complexity index is 1440. The van der Waals surface area contributed by atoms with E-state index in [0.717, 1.165) is 22.4 Å². The number of hydrogen-bond acceptors (Lipinski definition) is 6. The van der Waals surface area contributed by atoms with Crippen molar-refractivity contribution in [2.75, 3.05) is 22.5 Å². The Balaban J connectivity index is 1.42. The fraction of sp³-hybridized carbons (Fsp3) is 0.241. The Hall–Kier alpha value is -4.66. The maximum absolute atomic E-state index is 13.6. The third-order valence-corrected chi connectivity index (χ3v) is 6.21. The molecule has 3 aromatic rings. The van der Waals surface area contributed by atoms with Crippen LogP contribution in [-0.2, 0) is 16.0 Å². The van der Waals surface area contributed by atoms with E-state index in [0.29, 0.717) is 35.6 Å². The number of amides is 3. The van der Waals surface area contributed by atoms with Crippen LogP contribution in [0.4, 0.5) is 21.9 Å². The summed E-state index contributed by atoms with van der Waals surface area (Å²) in [5.41, 5.74) is 10.9. The zero-order chi connectivity index (χ0) is 27.0. The number of nitrogens with one attached hydrogen (secondary N) is 2. The summed E-state index contributed by atoms with van der Waals surface area (Å²) >= 11 is 0. The molecule has 2 heterocycles. The second-order valence-corrected chi connectivity index (χ2v) is 10.2. The van der Waals surface area contributed by atoms with Crippen molar-refractivity contribution in [3.8, 4) is 0 Å². The third kappa shape index (κ3) is 5.08. The number of ether oxygens (including phenoxy) is 1. The Morgan fingerprint density at radius 2 is 1.76 bits per heavy atom. The van der Waals surface area contributed by atoms with Crippen molar-refractivity contribution in [1.82, 2.24) is 5.32 Å². The molecule has 0 aliphatic carbocycles. The summed E-state index contributed by atoms with van der Waals surface area (Å²) in [7, 11) is 0. The molecule has 5 rings (SSSR count). The summed E-state index contributed by atoms with van der Waals surface area (Å²) in [4.78, 5) is 45.3. The first-order chi connectivity index (χ1) is 18.1. The molecule has 2 aliphatic rings. The molecule has 1 unspecified atom stereocenters. The predicted molar refractivity (Wildman–Crippen MR) is 147 cm³/mol. The van der Waals surface area contributed by atoms with Gasteiger partial charge in [0.2, 0.25) is 6.17 Å². The molecule has 0 aromatic heterocycles. The maximum atomic E-state index is 13.6. The van der Waals surface area contributed by atoms with Gasteiger partial charge in [0.05, 0.1) is 11.4 Å². The highest BCUT2D eigenvalue weighted by Gasteiger charge is 2.37. The van der Waals surface area contributed by atoms with Gasteiger partial charge in [0.1, 0.15) is 5.60 Å². The summed E-state index contributed by atoms with van der Waals surface area (Å²) < 4.78 is 5.25. The van der Waals surface area contributed by atoms with Crippen LogP contribution in [0.25, 0.3) is 0 Å². The first-order valence-corrected chi connectivity index (χ1v) is 12.4. The number of benzene rings is 3. The number of anilines is 3. The smallest absolute Gasteiger partial charge is 0.412 e. The number of nitrogens with zero attached hydrogens (tertiary/aromatic N) is 2. The molecule has 1 atom stereocenters. The van der Waals surface area contributed by atoms with Gasteiger partial charge in [-0.05, 0) is 69.2 Å². The second-order valence-electron chi connectivity index (χ2n) is 10.2. The standard InChI is InChI=1S/C29H29N5O4/c1-29(2,3)38-28(37)31-21-11-9-18(10-12-21)26(35)33-25-27(36)34-14-13-19-15-20(30)16-22(24(19)34)23(32-25)17-7-5-4-6-8-17/h4-12,15-16,25H,13-14,30H2,1-3H3,(H,31,37)(H,33,35). The summed E-state index contributed by atoms with van der Waals surface area (Å²) in [6.07, 6.45) is -1.04. The van der Waals surface area contributed by atoms with Crippen LogP contribution in [-0.4, -0.2) is 41.9 Å². The molecule has 38 heavy (non-hydrogen) atoms.